The van der Waals surface area contributed by atoms with E-state index >= 15 is 0 Å². The maximum Gasteiger partial charge on any atom is 0.229 e. The fourth-order valence-corrected chi connectivity index (χ4v) is 2.21. The van der Waals surface area contributed by atoms with Gasteiger partial charge in [0, 0.05) is 11.7 Å². The predicted molar refractivity (Wildman–Crippen MR) is 94.2 cm³/mol. The molecule has 2 unspecified atom stereocenters. The molecule has 0 aliphatic heterocycles. The summed E-state index contributed by atoms with van der Waals surface area (Å²) in [5.41, 5.74) is 9.21. The average molecular weight is 319 g/mol. The van der Waals surface area contributed by atoms with Gasteiger partial charge in [-0.2, -0.15) is 0 Å². The third kappa shape index (κ3) is 4.58. The molecule has 2 aromatic rings. The van der Waals surface area contributed by atoms with Gasteiger partial charge in [-0.05, 0) is 29.7 Å². The maximum absolute atomic E-state index is 12.3. The Morgan fingerprint density at radius 1 is 1.09 bits per heavy atom. The highest BCUT2D eigenvalue weighted by Crippen LogP contribution is 2.21. The number of halogens is 1. The van der Waals surface area contributed by atoms with Gasteiger partial charge in [-0.15, -0.1) is 12.4 Å². The first kappa shape index (κ1) is 18.2. The van der Waals surface area contributed by atoms with E-state index in [2.05, 4.69) is 12.2 Å². The topological polar surface area (TPSA) is 55.1 Å². The lowest BCUT2D eigenvalue weighted by molar-refractivity contribution is -0.120. The summed E-state index contributed by atoms with van der Waals surface area (Å²) in [6.45, 7) is 3.96. The van der Waals surface area contributed by atoms with E-state index in [4.69, 9.17) is 5.73 Å². The lowest BCUT2D eigenvalue weighted by Crippen LogP contribution is -2.30. The average Bonchev–Trinajstić information content (AvgIpc) is 2.55. The van der Waals surface area contributed by atoms with Crippen molar-refractivity contribution in [1.82, 2.24) is 0 Å². The molecule has 0 radical (unpaired) electrons. The molecule has 22 heavy (non-hydrogen) atoms. The maximum atomic E-state index is 12.3. The van der Waals surface area contributed by atoms with Crippen LogP contribution in [0, 0.1) is 5.92 Å². The van der Waals surface area contributed by atoms with Crippen LogP contribution in [0.15, 0.2) is 54.6 Å². The molecule has 0 bridgehead atoms. The number of carbonyl (C=O) groups is 1. The molecule has 0 aliphatic rings. The number of benzene rings is 2. The van der Waals surface area contributed by atoms with Crippen LogP contribution < -0.4 is 11.1 Å². The molecule has 0 aliphatic carbocycles. The lowest BCUT2D eigenvalue weighted by Gasteiger charge is -2.20. The molecule has 0 fully saturated rings. The Hall–Kier alpha value is -1.84. The van der Waals surface area contributed by atoms with E-state index in [1.165, 1.54) is 5.56 Å². The quantitative estimate of drug-likeness (QED) is 0.877. The molecule has 2 aromatic carbocycles. The van der Waals surface area contributed by atoms with Crippen LogP contribution in [0.25, 0.3) is 0 Å². The van der Waals surface area contributed by atoms with Crippen LogP contribution in [0.4, 0.5) is 5.69 Å². The molecule has 0 heterocycles. The Balaban J connectivity index is 0.00000242. The van der Waals surface area contributed by atoms with E-state index in [-0.39, 0.29) is 30.3 Å². The van der Waals surface area contributed by atoms with Crippen molar-refractivity contribution >= 4 is 24.0 Å². The highest BCUT2D eigenvalue weighted by atomic mass is 35.5. The van der Waals surface area contributed by atoms with Crippen LogP contribution in [0.3, 0.4) is 0 Å². The molecular weight excluding hydrogens is 296 g/mol. The van der Waals surface area contributed by atoms with E-state index < -0.39 is 0 Å². The Kier molecular flexibility index (Phi) is 7.09. The zero-order valence-electron chi connectivity index (χ0n) is 13.0. The third-order valence-electron chi connectivity index (χ3n) is 3.77. The minimum absolute atomic E-state index is 0. The molecule has 0 aromatic heterocycles. The summed E-state index contributed by atoms with van der Waals surface area (Å²) in [6.07, 6.45) is 0.990. The second-order valence-corrected chi connectivity index (χ2v) is 5.26. The molecule has 3 N–H and O–H groups in total. The fourth-order valence-electron chi connectivity index (χ4n) is 2.21. The number of hydrogen-bond donors (Lipinski definition) is 2. The van der Waals surface area contributed by atoms with Gasteiger partial charge in [0.25, 0.3) is 0 Å². The number of anilines is 1. The van der Waals surface area contributed by atoms with Crippen molar-refractivity contribution in [3.8, 4) is 0 Å². The summed E-state index contributed by atoms with van der Waals surface area (Å²) in [7, 11) is 0. The Bertz CT molecular complexity index is 584. The monoisotopic (exact) mass is 318 g/mol. The highest BCUT2D eigenvalue weighted by Gasteiger charge is 2.22. The number of carbonyl (C=O) groups excluding carboxylic acids is 1. The normalized spacial score (nSPS) is 12.9. The molecule has 118 valence electrons. The predicted octanol–water partition coefficient (Wildman–Crippen LogP) is 3.95. The standard InChI is InChI=1S/C18H22N2O.ClH/c1-3-14-9-11-16(12-10-14)20-18(21)13(2)17(19)15-7-5-4-6-8-15;/h4-13,17H,3,19H2,1-2H3,(H,20,21);1H. The molecule has 0 saturated carbocycles. The van der Waals surface area contributed by atoms with Gasteiger partial charge in [0.1, 0.15) is 0 Å². The minimum Gasteiger partial charge on any atom is -0.326 e. The van der Waals surface area contributed by atoms with E-state index in [9.17, 15) is 4.79 Å². The number of rotatable bonds is 5. The zero-order chi connectivity index (χ0) is 15.2. The van der Waals surface area contributed by atoms with Gasteiger partial charge in [-0.25, -0.2) is 0 Å². The molecular formula is C18H23ClN2O. The lowest BCUT2D eigenvalue weighted by atomic mass is 9.94. The van der Waals surface area contributed by atoms with Crippen molar-refractivity contribution in [3.63, 3.8) is 0 Å². The fraction of sp³-hybridized carbons (Fsp3) is 0.278. The van der Waals surface area contributed by atoms with Gasteiger partial charge in [0.2, 0.25) is 5.91 Å². The summed E-state index contributed by atoms with van der Waals surface area (Å²) in [4.78, 5) is 12.3. The van der Waals surface area contributed by atoms with Crippen molar-refractivity contribution < 1.29 is 4.79 Å². The van der Waals surface area contributed by atoms with Crippen LogP contribution in [0.5, 0.6) is 0 Å². The van der Waals surface area contributed by atoms with Crippen molar-refractivity contribution in [2.75, 3.05) is 5.32 Å². The molecule has 0 spiro atoms. The number of hydrogen-bond acceptors (Lipinski definition) is 2. The Morgan fingerprint density at radius 3 is 2.23 bits per heavy atom. The van der Waals surface area contributed by atoms with Gasteiger partial charge in [-0.3, -0.25) is 4.79 Å². The van der Waals surface area contributed by atoms with Gasteiger partial charge < -0.3 is 11.1 Å². The molecule has 0 saturated heterocycles. The van der Waals surface area contributed by atoms with Crippen LogP contribution in [-0.4, -0.2) is 5.91 Å². The molecule has 3 nitrogen and oxygen atoms in total. The Labute approximate surface area is 138 Å². The van der Waals surface area contributed by atoms with E-state index in [1.54, 1.807) is 0 Å². The SMILES string of the molecule is CCc1ccc(NC(=O)C(C)C(N)c2ccccc2)cc1.Cl. The van der Waals surface area contributed by atoms with E-state index in [1.807, 2.05) is 61.5 Å². The minimum atomic E-state index is -0.305. The van der Waals surface area contributed by atoms with Crippen LogP contribution >= 0.6 is 12.4 Å². The first-order valence-corrected chi connectivity index (χ1v) is 7.32. The van der Waals surface area contributed by atoms with Crippen LogP contribution in [-0.2, 0) is 11.2 Å². The number of amides is 1. The van der Waals surface area contributed by atoms with Gasteiger partial charge in [-0.1, -0.05) is 56.3 Å². The smallest absolute Gasteiger partial charge is 0.229 e. The second kappa shape index (κ2) is 8.57. The highest BCUT2D eigenvalue weighted by molar-refractivity contribution is 5.92. The largest absolute Gasteiger partial charge is 0.326 e. The van der Waals surface area contributed by atoms with Crippen LogP contribution in [0.1, 0.15) is 31.0 Å². The summed E-state index contributed by atoms with van der Waals surface area (Å²) in [6, 6.07) is 17.3. The summed E-state index contributed by atoms with van der Waals surface area (Å²) in [5, 5.41) is 2.92. The first-order chi connectivity index (χ1) is 10.1. The van der Waals surface area contributed by atoms with Crippen molar-refractivity contribution in [3.05, 3.63) is 65.7 Å². The molecule has 2 atom stereocenters. The second-order valence-electron chi connectivity index (χ2n) is 5.26. The Morgan fingerprint density at radius 2 is 1.68 bits per heavy atom. The number of aryl methyl sites for hydroxylation is 1. The zero-order valence-corrected chi connectivity index (χ0v) is 13.8. The third-order valence-corrected chi connectivity index (χ3v) is 3.77. The van der Waals surface area contributed by atoms with Gasteiger partial charge in [0.05, 0.1) is 5.92 Å². The summed E-state index contributed by atoms with van der Waals surface area (Å²) in [5.74, 6) is -0.353. The van der Waals surface area contributed by atoms with Crippen LogP contribution in [0.2, 0.25) is 0 Å². The summed E-state index contributed by atoms with van der Waals surface area (Å²) >= 11 is 0. The van der Waals surface area contributed by atoms with Crippen molar-refractivity contribution in [2.45, 2.75) is 26.3 Å². The molecule has 1 amide bonds. The molecule has 4 heteroatoms. The van der Waals surface area contributed by atoms with Gasteiger partial charge >= 0.3 is 0 Å². The number of nitrogens with one attached hydrogen (secondary N) is 1. The first-order valence-electron chi connectivity index (χ1n) is 7.32. The number of nitrogens with two attached hydrogens (primary N) is 1. The van der Waals surface area contributed by atoms with E-state index in [0.29, 0.717) is 0 Å². The summed E-state index contributed by atoms with van der Waals surface area (Å²) < 4.78 is 0. The molecule has 2 rings (SSSR count). The van der Waals surface area contributed by atoms with Crippen molar-refractivity contribution in [1.29, 1.82) is 0 Å². The van der Waals surface area contributed by atoms with E-state index in [0.717, 1.165) is 17.7 Å². The van der Waals surface area contributed by atoms with Crippen molar-refractivity contribution in [2.24, 2.45) is 11.7 Å². The van der Waals surface area contributed by atoms with Gasteiger partial charge in [0.15, 0.2) is 0 Å².